The third-order valence-electron chi connectivity index (χ3n) is 3.87. The van der Waals surface area contributed by atoms with Crippen LogP contribution in [-0.2, 0) is 6.54 Å². The number of para-hydroxylation sites is 1. The first-order chi connectivity index (χ1) is 9.64. The van der Waals surface area contributed by atoms with Gasteiger partial charge in [0.2, 0.25) is 0 Å². The minimum Gasteiger partial charge on any atom is -0.394 e. The molecule has 2 aromatic rings. The molecule has 0 unspecified atom stereocenters. The fourth-order valence-electron chi connectivity index (χ4n) is 2.33. The Morgan fingerprint density at radius 2 is 1.90 bits per heavy atom. The number of aryl methyl sites for hydroxylation is 1. The van der Waals surface area contributed by atoms with Gasteiger partial charge in [0.1, 0.15) is 0 Å². The number of aromatic nitrogens is 1. The first kappa shape index (κ1) is 14.9. The van der Waals surface area contributed by atoms with E-state index >= 15 is 0 Å². The van der Waals surface area contributed by atoms with Crippen LogP contribution in [0.1, 0.15) is 24.6 Å². The molecule has 0 atom stereocenters. The molecule has 1 heterocycles. The number of nitrogens with one attached hydrogen (secondary N) is 1. The summed E-state index contributed by atoms with van der Waals surface area (Å²) in [7, 11) is 0. The zero-order valence-corrected chi connectivity index (χ0v) is 12.1. The highest BCUT2D eigenvalue weighted by Gasteiger charge is 2.25. The predicted molar refractivity (Wildman–Crippen MR) is 80.5 cm³/mol. The fraction of sp³-hybridized carbons (Fsp3) is 0.438. The van der Waals surface area contributed by atoms with Crippen molar-refractivity contribution in [3.8, 4) is 0 Å². The van der Waals surface area contributed by atoms with Crippen LogP contribution in [0.2, 0.25) is 0 Å². The van der Waals surface area contributed by atoms with Gasteiger partial charge in [0.05, 0.1) is 24.3 Å². The summed E-state index contributed by atoms with van der Waals surface area (Å²) < 4.78 is 0. The smallest absolute Gasteiger partial charge is 0.0708 e. The second kappa shape index (κ2) is 6.31. The van der Waals surface area contributed by atoms with Crippen molar-refractivity contribution in [1.29, 1.82) is 0 Å². The molecule has 1 aromatic heterocycles. The summed E-state index contributed by atoms with van der Waals surface area (Å²) in [5.74, 6) is 0. The second-order valence-electron chi connectivity index (χ2n) is 5.24. The van der Waals surface area contributed by atoms with Crippen molar-refractivity contribution in [2.24, 2.45) is 0 Å². The molecule has 0 fully saturated rings. The summed E-state index contributed by atoms with van der Waals surface area (Å²) in [6, 6.07) is 10.1. The molecule has 0 aliphatic rings. The number of pyridine rings is 1. The Morgan fingerprint density at radius 3 is 2.55 bits per heavy atom. The molecule has 0 radical (unpaired) electrons. The third kappa shape index (κ3) is 2.98. The Hall–Kier alpha value is -1.49. The number of aliphatic hydroxyl groups excluding tert-OH is 2. The van der Waals surface area contributed by atoms with Crippen molar-refractivity contribution in [2.75, 3.05) is 13.2 Å². The maximum Gasteiger partial charge on any atom is 0.0708 e. The third-order valence-corrected chi connectivity index (χ3v) is 3.87. The van der Waals surface area contributed by atoms with Gasteiger partial charge >= 0.3 is 0 Å². The number of hydrogen-bond donors (Lipinski definition) is 3. The minimum atomic E-state index is -0.627. The molecule has 108 valence electrons. The first-order valence-corrected chi connectivity index (χ1v) is 6.96. The van der Waals surface area contributed by atoms with E-state index in [0.717, 1.165) is 22.2 Å². The van der Waals surface area contributed by atoms with Crippen LogP contribution in [0, 0.1) is 6.92 Å². The van der Waals surface area contributed by atoms with Gasteiger partial charge in [-0.25, -0.2) is 0 Å². The molecule has 1 aromatic carbocycles. The highest BCUT2D eigenvalue weighted by molar-refractivity contribution is 5.82. The highest BCUT2D eigenvalue weighted by atomic mass is 16.3. The summed E-state index contributed by atoms with van der Waals surface area (Å²) in [6.45, 7) is 4.36. The van der Waals surface area contributed by atoms with E-state index in [1.165, 1.54) is 0 Å². The van der Waals surface area contributed by atoms with Crippen molar-refractivity contribution < 1.29 is 10.2 Å². The summed E-state index contributed by atoms with van der Waals surface area (Å²) in [4.78, 5) is 4.51. The fourth-order valence-corrected chi connectivity index (χ4v) is 2.33. The lowest BCUT2D eigenvalue weighted by Gasteiger charge is -2.30. The van der Waals surface area contributed by atoms with Crippen LogP contribution in [0.4, 0.5) is 0 Å². The van der Waals surface area contributed by atoms with Crippen molar-refractivity contribution in [3.63, 3.8) is 0 Å². The van der Waals surface area contributed by atoms with E-state index in [1.807, 2.05) is 44.2 Å². The average molecular weight is 274 g/mol. The number of nitrogens with zero attached hydrogens (tertiary/aromatic N) is 1. The lowest BCUT2D eigenvalue weighted by atomic mass is 9.97. The minimum absolute atomic E-state index is 0.0814. The Balaban J connectivity index is 2.30. The van der Waals surface area contributed by atoms with Crippen LogP contribution in [0.25, 0.3) is 10.9 Å². The molecule has 0 aliphatic heterocycles. The van der Waals surface area contributed by atoms with E-state index in [0.29, 0.717) is 13.0 Å². The maximum atomic E-state index is 9.49. The molecule has 4 nitrogen and oxygen atoms in total. The number of aliphatic hydroxyl groups is 2. The largest absolute Gasteiger partial charge is 0.394 e. The zero-order valence-electron chi connectivity index (χ0n) is 12.1. The Bertz CT molecular complexity index is 571. The Morgan fingerprint density at radius 1 is 1.20 bits per heavy atom. The average Bonchev–Trinajstić information content (AvgIpc) is 2.49. The lowest BCUT2D eigenvalue weighted by molar-refractivity contribution is 0.0865. The number of fused-ring (bicyclic) bond motifs is 1. The Labute approximate surface area is 119 Å². The van der Waals surface area contributed by atoms with Gasteiger partial charge in [0.15, 0.2) is 0 Å². The predicted octanol–water partition coefficient (Wildman–Crippen LogP) is 1.77. The van der Waals surface area contributed by atoms with Gasteiger partial charge in [0.25, 0.3) is 0 Å². The van der Waals surface area contributed by atoms with Crippen LogP contribution in [0.5, 0.6) is 0 Å². The summed E-state index contributed by atoms with van der Waals surface area (Å²) in [6.07, 6.45) is 0.669. The molecule has 2 rings (SSSR count). The molecule has 0 saturated heterocycles. The van der Waals surface area contributed by atoms with Crippen molar-refractivity contribution >= 4 is 10.9 Å². The van der Waals surface area contributed by atoms with Crippen molar-refractivity contribution in [2.45, 2.75) is 32.4 Å². The van der Waals surface area contributed by atoms with Crippen molar-refractivity contribution in [1.82, 2.24) is 10.3 Å². The maximum absolute atomic E-state index is 9.49. The van der Waals surface area contributed by atoms with E-state index in [-0.39, 0.29) is 13.2 Å². The molecule has 0 saturated carbocycles. The Kier molecular flexibility index (Phi) is 4.70. The highest BCUT2D eigenvalue weighted by Crippen LogP contribution is 2.19. The number of hydrogen-bond acceptors (Lipinski definition) is 4. The van der Waals surface area contributed by atoms with E-state index < -0.39 is 5.54 Å². The van der Waals surface area contributed by atoms with E-state index in [4.69, 9.17) is 0 Å². The SMILES string of the molecule is CCC(CO)(CO)NCc1cc(C)nc2ccccc12. The monoisotopic (exact) mass is 274 g/mol. The van der Waals surface area contributed by atoms with Gasteiger partial charge in [-0.15, -0.1) is 0 Å². The topological polar surface area (TPSA) is 65.4 Å². The summed E-state index contributed by atoms with van der Waals surface area (Å²) in [5.41, 5.74) is 2.45. The lowest BCUT2D eigenvalue weighted by Crippen LogP contribution is -2.50. The van der Waals surface area contributed by atoms with Gasteiger partial charge in [-0.1, -0.05) is 25.1 Å². The molecule has 3 N–H and O–H groups in total. The molecular formula is C16H22N2O2. The summed E-state index contributed by atoms with van der Waals surface area (Å²) >= 11 is 0. The molecule has 0 amide bonds. The molecular weight excluding hydrogens is 252 g/mol. The van der Waals surface area contributed by atoms with Gasteiger partial charge in [-0.05, 0) is 31.0 Å². The summed E-state index contributed by atoms with van der Waals surface area (Å²) in [5, 5.41) is 23.4. The first-order valence-electron chi connectivity index (χ1n) is 6.96. The standard InChI is InChI=1S/C16H22N2O2/c1-3-16(10-19,11-20)17-9-13-8-12(2)18-15-7-5-4-6-14(13)15/h4-8,17,19-20H,3,9-11H2,1-2H3. The van der Waals surface area contributed by atoms with Crippen LogP contribution in [0.15, 0.2) is 30.3 Å². The number of benzene rings is 1. The van der Waals surface area contributed by atoms with Gasteiger partial charge in [-0.2, -0.15) is 0 Å². The van der Waals surface area contributed by atoms with E-state index in [1.54, 1.807) is 0 Å². The molecule has 20 heavy (non-hydrogen) atoms. The zero-order chi connectivity index (χ0) is 14.6. The molecule has 0 aliphatic carbocycles. The normalized spacial score (nSPS) is 12.0. The number of rotatable bonds is 6. The van der Waals surface area contributed by atoms with E-state index in [9.17, 15) is 10.2 Å². The van der Waals surface area contributed by atoms with Gasteiger partial charge in [-0.3, -0.25) is 4.98 Å². The second-order valence-corrected chi connectivity index (χ2v) is 5.24. The quantitative estimate of drug-likeness (QED) is 0.751. The van der Waals surface area contributed by atoms with Gasteiger partial charge < -0.3 is 15.5 Å². The van der Waals surface area contributed by atoms with Gasteiger partial charge in [0, 0.05) is 17.6 Å². The van der Waals surface area contributed by atoms with Crippen LogP contribution >= 0.6 is 0 Å². The molecule has 0 spiro atoms. The van der Waals surface area contributed by atoms with Crippen LogP contribution in [-0.4, -0.2) is 33.9 Å². The van der Waals surface area contributed by atoms with E-state index in [2.05, 4.69) is 10.3 Å². The molecule has 0 bridgehead atoms. The van der Waals surface area contributed by atoms with Crippen molar-refractivity contribution in [3.05, 3.63) is 41.6 Å². The molecule has 4 heteroatoms. The van der Waals surface area contributed by atoms with Crippen LogP contribution in [0.3, 0.4) is 0 Å². The van der Waals surface area contributed by atoms with Crippen LogP contribution < -0.4 is 5.32 Å².